The Morgan fingerprint density at radius 3 is 2.38 bits per heavy atom. The second-order valence-corrected chi connectivity index (χ2v) is 3.00. The fourth-order valence-corrected chi connectivity index (χ4v) is 0.843. The average molecular weight is 240 g/mol. The third kappa shape index (κ3) is 10.4. The molecular weight excluding hydrogens is 229 g/mol. The van der Waals surface area contributed by atoms with Crippen LogP contribution in [0.4, 0.5) is 0 Å². The number of hydrogen-bond acceptors (Lipinski definition) is 3. The molecule has 6 heteroatoms. The summed E-state index contributed by atoms with van der Waals surface area (Å²) in [6.45, 7) is 0.401. The van der Waals surface area contributed by atoms with Crippen LogP contribution in [0, 0.1) is 0 Å². The Hall–Kier alpha value is -1.64. The molecule has 0 aromatic heterocycles. The Labute approximate surface area is 93.7 Å². The minimum absolute atomic E-state index is 0.401. The molecule has 0 bridgehead atoms. The molecule has 5 nitrogen and oxygen atoms in total. The first-order valence-corrected chi connectivity index (χ1v) is 5.43. The van der Waals surface area contributed by atoms with Gasteiger partial charge in [0.15, 0.2) is 0 Å². The van der Waals surface area contributed by atoms with E-state index < -0.39 is 8.25 Å². The number of nitrogens with zero attached hydrogens (tertiary/aromatic N) is 1. The number of isocyanates is 1. The van der Waals surface area contributed by atoms with Gasteiger partial charge in [-0.2, -0.15) is 0 Å². The number of carbonyl (C=O) groups excluding carboxylic acids is 1. The minimum atomic E-state index is -2.87. The molecule has 0 aliphatic rings. The smallest absolute Gasteiger partial charge is 0.211 e. The molecule has 0 radical (unpaired) electrons. The van der Waals surface area contributed by atoms with Crippen molar-refractivity contribution < 1.29 is 19.1 Å². The highest BCUT2D eigenvalue weighted by Crippen LogP contribution is 2.00. The van der Waals surface area contributed by atoms with Crippen LogP contribution < -0.4 is 0 Å². The lowest BCUT2D eigenvalue weighted by atomic mass is 10.2. The van der Waals surface area contributed by atoms with Crippen molar-refractivity contribution in [1.29, 1.82) is 0 Å². The van der Waals surface area contributed by atoms with Crippen molar-refractivity contribution in [3.05, 3.63) is 42.0 Å². The van der Waals surface area contributed by atoms with E-state index in [0.717, 1.165) is 5.56 Å². The van der Waals surface area contributed by atoms with Gasteiger partial charge in [-0.1, -0.05) is 42.5 Å². The normalized spacial score (nSPS) is 8.88. The van der Waals surface area contributed by atoms with E-state index in [2.05, 4.69) is 4.99 Å². The number of rotatable bonds is 3. The van der Waals surface area contributed by atoms with Crippen molar-refractivity contribution in [3.8, 4) is 0 Å². The van der Waals surface area contributed by atoms with Crippen LogP contribution in [0.15, 0.2) is 41.4 Å². The SMILES string of the molecule is O=C=NCC=Cc1ccccc1.O=[P+](O)O. The summed E-state index contributed by atoms with van der Waals surface area (Å²) in [5.74, 6) is 0. The second kappa shape index (κ2) is 9.90. The van der Waals surface area contributed by atoms with Gasteiger partial charge in [0.05, 0.1) is 6.54 Å². The molecule has 0 amide bonds. The van der Waals surface area contributed by atoms with Crippen molar-refractivity contribution in [3.63, 3.8) is 0 Å². The molecule has 0 atom stereocenters. The summed E-state index contributed by atoms with van der Waals surface area (Å²) in [6, 6.07) is 9.86. The van der Waals surface area contributed by atoms with Gasteiger partial charge in [0.25, 0.3) is 0 Å². The van der Waals surface area contributed by atoms with E-state index in [4.69, 9.17) is 14.4 Å². The van der Waals surface area contributed by atoms with E-state index in [1.807, 2.05) is 42.5 Å². The van der Waals surface area contributed by atoms with Crippen molar-refractivity contribution in [2.75, 3.05) is 6.54 Å². The molecule has 0 aliphatic carbocycles. The van der Waals surface area contributed by atoms with Gasteiger partial charge in [0, 0.05) is 4.57 Å². The van der Waals surface area contributed by atoms with Crippen LogP contribution >= 0.6 is 8.25 Å². The lowest BCUT2D eigenvalue weighted by molar-refractivity contribution is 0.405. The predicted octanol–water partition coefficient (Wildman–Crippen LogP) is 1.66. The number of hydrogen-bond donors (Lipinski definition) is 2. The van der Waals surface area contributed by atoms with Crippen LogP contribution in [0.3, 0.4) is 0 Å². The van der Waals surface area contributed by atoms with Gasteiger partial charge in [-0.3, -0.25) is 0 Å². The summed E-state index contributed by atoms with van der Waals surface area (Å²) in [5.41, 5.74) is 1.11. The molecule has 0 saturated heterocycles. The largest absolute Gasteiger partial charge is 0.692 e. The van der Waals surface area contributed by atoms with E-state index in [-0.39, 0.29) is 0 Å². The molecule has 1 aromatic rings. The molecule has 0 spiro atoms. The van der Waals surface area contributed by atoms with E-state index in [1.54, 1.807) is 0 Å². The molecule has 2 N–H and O–H groups in total. The van der Waals surface area contributed by atoms with Crippen LogP contribution in [-0.2, 0) is 9.36 Å². The summed E-state index contributed by atoms with van der Waals surface area (Å²) in [5, 5.41) is 0. The zero-order chi connectivity index (χ0) is 12.2. The summed E-state index contributed by atoms with van der Waals surface area (Å²) < 4.78 is 8.70. The average Bonchev–Trinajstić information content (AvgIpc) is 2.25. The predicted molar refractivity (Wildman–Crippen MR) is 60.5 cm³/mol. The maximum atomic E-state index is 9.69. The molecule has 84 valence electrons. The molecule has 0 aliphatic heterocycles. The van der Waals surface area contributed by atoms with E-state index >= 15 is 0 Å². The van der Waals surface area contributed by atoms with E-state index in [0.29, 0.717) is 6.54 Å². The molecule has 1 aromatic carbocycles. The molecule has 0 saturated carbocycles. The quantitative estimate of drug-likeness (QED) is 0.478. The Balaban J connectivity index is 0.000000487. The summed E-state index contributed by atoms with van der Waals surface area (Å²) >= 11 is 0. The van der Waals surface area contributed by atoms with Gasteiger partial charge >= 0.3 is 8.25 Å². The van der Waals surface area contributed by atoms with Gasteiger partial charge in [-0.05, 0) is 5.56 Å². The maximum absolute atomic E-state index is 9.69. The fourth-order valence-electron chi connectivity index (χ4n) is 0.843. The van der Waals surface area contributed by atoms with Crippen molar-refractivity contribution in [2.24, 2.45) is 4.99 Å². The van der Waals surface area contributed by atoms with Gasteiger partial charge < -0.3 is 0 Å². The van der Waals surface area contributed by atoms with Crippen LogP contribution in [0.25, 0.3) is 6.08 Å². The third-order valence-electron chi connectivity index (χ3n) is 1.37. The van der Waals surface area contributed by atoms with Gasteiger partial charge in [-0.25, -0.2) is 9.79 Å². The number of benzene rings is 1. The Morgan fingerprint density at radius 1 is 1.31 bits per heavy atom. The van der Waals surface area contributed by atoms with Crippen LogP contribution in [0.5, 0.6) is 0 Å². The summed E-state index contributed by atoms with van der Waals surface area (Å²) in [4.78, 5) is 27.3. The molecule has 0 fully saturated rings. The first kappa shape index (κ1) is 14.4. The van der Waals surface area contributed by atoms with Crippen molar-refractivity contribution >= 4 is 20.4 Å². The summed E-state index contributed by atoms with van der Waals surface area (Å²) in [7, 11) is -2.87. The lowest BCUT2D eigenvalue weighted by Gasteiger charge is -1.88. The standard InChI is InChI=1S/C10H9NO.HO3P/c12-9-11-8-4-7-10-5-2-1-3-6-10;1-4(2)3/h1-7H,8H2;(H-,1,2,3)/p+1. The topological polar surface area (TPSA) is 87.0 Å². The third-order valence-corrected chi connectivity index (χ3v) is 1.37. The Bertz CT molecular complexity index is 381. The minimum Gasteiger partial charge on any atom is -0.211 e. The highest BCUT2D eigenvalue weighted by molar-refractivity contribution is 7.30. The highest BCUT2D eigenvalue weighted by Gasteiger charge is 1.93. The molecule has 1 rings (SSSR count). The molecule has 0 heterocycles. The van der Waals surface area contributed by atoms with Gasteiger partial charge in [-0.15, -0.1) is 9.79 Å². The summed E-state index contributed by atoms with van der Waals surface area (Å²) in [6.07, 6.45) is 5.21. The maximum Gasteiger partial charge on any atom is 0.692 e. The Morgan fingerprint density at radius 2 is 1.88 bits per heavy atom. The van der Waals surface area contributed by atoms with E-state index in [9.17, 15) is 4.79 Å². The van der Waals surface area contributed by atoms with Gasteiger partial charge in [0.2, 0.25) is 6.08 Å². The van der Waals surface area contributed by atoms with E-state index in [1.165, 1.54) is 6.08 Å². The Kier molecular flexibility index (Phi) is 8.88. The van der Waals surface area contributed by atoms with Crippen LogP contribution in [0.1, 0.15) is 5.56 Å². The zero-order valence-corrected chi connectivity index (χ0v) is 9.25. The van der Waals surface area contributed by atoms with Crippen molar-refractivity contribution in [2.45, 2.75) is 0 Å². The highest BCUT2D eigenvalue weighted by atomic mass is 31.1. The fraction of sp³-hybridized carbons (Fsp3) is 0.100. The first-order valence-electron chi connectivity index (χ1n) is 4.27. The zero-order valence-electron chi connectivity index (χ0n) is 8.35. The molecular formula is C10H11NO4P+. The first-order chi connectivity index (χ1) is 7.66. The second-order valence-electron chi connectivity index (χ2n) is 2.50. The number of aliphatic imine (C=N–C) groups is 1. The van der Waals surface area contributed by atoms with Crippen LogP contribution in [-0.4, -0.2) is 22.4 Å². The van der Waals surface area contributed by atoms with Crippen molar-refractivity contribution in [1.82, 2.24) is 0 Å². The molecule has 16 heavy (non-hydrogen) atoms. The van der Waals surface area contributed by atoms with Gasteiger partial charge in [0.1, 0.15) is 0 Å². The van der Waals surface area contributed by atoms with Crippen LogP contribution in [0.2, 0.25) is 0 Å². The lowest BCUT2D eigenvalue weighted by Crippen LogP contribution is -1.71. The monoisotopic (exact) mass is 240 g/mol. The molecule has 0 unspecified atom stereocenters.